The summed E-state index contributed by atoms with van der Waals surface area (Å²) in [6.07, 6.45) is 2.55. The maximum atomic E-state index is 12.7. The van der Waals surface area contributed by atoms with Gasteiger partial charge in [-0.05, 0) is 58.1 Å². The number of fused-ring (bicyclic) bond motifs is 2. The SMILES string of the molecule is CC(C)c1ccc2c(c1)CN(C(=O)CCOCCC(=O)N1CCc3ccc(C(C)C)cc3C1)CC2. The molecule has 2 aromatic carbocycles. The lowest BCUT2D eigenvalue weighted by atomic mass is 9.93. The first kappa shape index (κ1) is 25.4. The van der Waals surface area contributed by atoms with Gasteiger partial charge in [0.2, 0.25) is 11.8 Å². The van der Waals surface area contributed by atoms with Crippen molar-refractivity contribution in [2.75, 3.05) is 26.3 Å². The third kappa shape index (κ3) is 6.32. The van der Waals surface area contributed by atoms with E-state index < -0.39 is 0 Å². The first-order valence-corrected chi connectivity index (χ1v) is 13.2. The van der Waals surface area contributed by atoms with Crippen LogP contribution in [0, 0.1) is 0 Å². The van der Waals surface area contributed by atoms with Crippen molar-refractivity contribution in [2.24, 2.45) is 0 Å². The van der Waals surface area contributed by atoms with Crippen LogP contribution in [-0.2, 0) is 40.3 Å². The molecule has 4 rings (SSSR count). The topological polar surface area (TPSA) is 49.9 Å². The third-order valence-corrected chi connectivity index (χ3v) is 7.44. The van der Waals surface area contributed by atoms with Crippen LogP contribution in [0.2, 0.25) is 0 Å². The Labute approximate surface area is 210 Å². The van der Waals surface area contributed by atoms with Crippen molar-refractivity contribution in [2.45, 2.75) is 78.3 Å². The summed E-state index contributed by atoms with van der Waals surface area (Å²) in [5, 5.41) is 0. The largest absolute Gasteiger partial charge is 0.380 e. The van der Waals surface area contributed by atoms with Crippen molar-refractivity contribution in [1.82, 2.24) is 9.80 Å². The summed E-state index contributed by atoms with van der Waals surface area (Å²) in [5.74, 6) is 1.23. The number of carbonyl (C=O) groups excluding carboxylic acids is 2. The molecule has 5 nitrogen and oxygen atoms in total. The molecule has 0 saturated heterocycles. The average Bonchev–Trinajstić information content (AvgIpc) is 2.86. The summed E-state index contributed by atoms with van der Waals surface area (Å²) >= 11 is 0. The number of rotatable bonds is 8. The minimum atomic E-state index is 0.130. The molecule has 0 unspecified atom stereocenters. The molecule has 0 atom stereocenters. The minimum Gasteiger partial charge on any atom is -0.380 e. The molecule has 2 amide bonds. The van der Waals surface area contributed by atoms with Crippen molar-refractivity contribution in [3.8, 4) is 0 Å². The summed E-state index contributed by atoms with van der Waals surface area (Å²) in [6.45, 7) is 12.4. The summed E-state index contributed by atoms with van der Waals surface area (Å²) in [5.41, 5.74) is 7.90. The van der Waals surface area contributed by atoms with Crippen LogP contribution >= 0.6 is 0 Å². The first-order chi connectivity index (χ1) is 16.8. The fourth-order valence-electron chi connectivity index (χ4n) is 5.04. The van der Waals surface area contributed by atoms with Crippen LogP contribution in [-0.4, -0.2) is 47.9 Å². The molecule has 188 valence electrons. The molecule has 0 saturated carbocycles. The molecule has 2 aliphatic heterocycles. The van der Waals surface area contributed by atoms with Gasteiger partial charge in [0.1, 0.15) is 0 Å². The van der Waals surface area contributed by atoms with Crippen LogP contribution in [0.3, 0.4) is 0 Å². The van der Waals surface area contributed by atoms with Crippen LogP contribution in [0.4, 0.5) is 0 Å². The predicted octanol–water partition coefficient (Wildman–Crippen LogP) is 5.20. The van der Waals surface area contributed by atoms with Crippen molar-refractivity contribution >= 4 is 11.8 Å². The highest BCUT2D eigenvalue weighted by atomic mass is 16.5. The van der Waals surface area contributed by atoms with Crippen molar-refractivity contribution in [3.63, 3.8) is 0 Å². The van der Waals surface area contributed by atoms with Crippen molar-refractivity contribution < 1.29 is 14.3 Å². The molecule has 0 aliphatic carbocycles. The van der Waals surface area contributed by atoms with Crippen LogP contribution < -0.4 is 0 Å². The van der Waals surface area contributed by atoms with Crippen molar-refractivity contribution in [1.29, 1.82) is 0 Å². The van der Waals surface area contributed by atoms with E-state index in [2.05, 4.69) is 64.1 Å². The second kappa shape index (κ2) is 11.4. The van der Waals surface area contributed by atoms with E-state index in [0.717, 1.165) is 25.9 Å². The Bertz CT molecular complexity index is 976. The average molecular weight is 477 g/mol. The Morgan fingerprint density at radius 2 is 1.14 bits per heavy atom. The third-order valence-electron chi connectivity index (χ3n) is 7.44. The van der Waals surface area contributed by atoms with Crippen LogP contribution in [0.15, 0.2) is 36.4 Å². The Balaban J connectivity index is 1.18. The number of hydrogen-bond acceptors (Lipinski definition) is 3. The zero-order chi connectivity index (χ0) is 24.9. The lowest BCUT2D eigenvalue weighted by Crippen LogP contribution is -2.37. The number of amides is 2. The van der Waals surface area contributed by atoms with Gasteiger partial charge in [-0.25, -0.2) is 0 Å². The van der Waals surface area contributed by atoms with E-state index in [1.807, 2.05) is 9.80 Å². The van der Waals surface area contributed by atoms with Crippen molar-refractivity contribution in [3.05, 3.63) is 69.8 Å². The quantitative estimate of drug-likeness (QED) is 0.492. The molecule has 0 fully saturated rings. The molecule has 0 aromatic heterocycles. The Morgan fingerprint density at radius 1 is 0.714 bits per heavy atom. The Morgan fingerprint density at radius 3 is 1.54 bits per heavy atom. The molecular formula is C30H40N2O3. The summed E-state index contributed by atoms with van der Waals surface area (Å²) in [4.78, 5) is 29.4. The van der Waals surface area contributed by atoms with Gasteiger partial charge in [-0.15, -0.1) is 0 Å². The molecule has 5 heteroatoms. The zero-order valence-electron chi connectivity index (χ0n) is 21.8. The molecule has 0 bridgehead atoms. The normalized spacial score (nSPS) is 15.4. The van der Waals surface area contributed by atoms with Crippen LogP contribution in [0.1, 0.15) is 85.8 Å². The summed E-state index contributed by atoms with van der Waals surface area (Å²) < 4.78 is 5.70. The second-order valence-corrected chi connectivity index (χ2v) is 10.6. The van der Waals surface area contributed by atoms with E-state index in [0.29, 0.717) is 51.0 Å². The van der Waals surface area contributed by atoms with Gasteiger partial charge in [0, 0.05) is 26.2 Å². The highest BCUT2D eigenvalue weighted by Crippen LogP contribution is 2.25. The summed E-state index contributed by atoms with van der Waals surface area (Å²) in [7, 11) is 0. The lowest BCUT2D eigenvalue weighted by molar-refractivity contribution is -0.134. The van der Waals surface area contributed by atoms with Gasteiger partial charge in [0.25, 0.3) is 0 Å². The number of carbonyl (C=O) groups is 2. The Hall–Kier alpha value is -2.66. The molecule has 2 heterocycles. The highest BCUT2D eigenvalue weighted by molar-refractivity contribution is 5.77. The molecular weight excluding hydrogens is 436 g/mol. The van der Waals surface area contributed by atoms with E-state index in [-0.39, 0.29) is 11.8 Å². The van der Waals surface area contributed by atoms with Gasteiger partial charge in [0.05, 0.1) is 26.1 Å². The number of ether oxygens (including phenoxy) is 1. The minimum absolute atomic E-state index is 0.130. The van der Waals surface area contributed by atoms with E-state index in [9.17, 15) is 9.59 Å². The Kier molecular flexibility index (Phi) is 8.27. The van der Waals surface area contributed by atoms with Crippen LogP contribution in [0.25, 0.3) is 0 Å². The lowest BCUT2D eigenvalue weighted by Gasteiger charge is -2.30. The van der Waals surface area contributed by atoms with Gasteiger partial charge in [0.15, 0.2) is 0 Å². The van der Waals surface area contributed by atoms with E-state index in [1.54, 1.807) is 0 Å². The highest BCUT2D eigenvalue weighted by Gasteiger charge is 2.22. The molecule has 2 aromatic rings. The van der Waals surface area contributed by atoms with Crippen LogP contribution in [0.5, 0.6) is 0 Å². The van der Waals surface area contributed by atoms with Gasteiger partial charge in [-0.2, -0.15) is 0 Å². The zero-order valence-corrected chi connectivity index (χ0v) is 21.8. The summed E-state index contributed by atoms with van der Waals surface area (Å²) in [6, 6.07) is 13.4. The van der Waals surface area contributed by atoms with E-state index in [4.69, 9.17) is 4.74 Å². The molecule has 0 N–H and O–H groups in total. The predicted molar refractivity (Wildman–Crippen MR) is 139 cm³/mol. The molecule has 0 spiro atoms. The molecule has 2 aliphatic rings. The fraction of sp³-hybridized carbons (Fsp3) is 0.533. The molecule has 35 heavy (non-hydrogen) atoms. The fourth-order valence-corrected chi connectivity index (χ4v) is 5.04. The van der Waals surface area contributed by atoms with Gasteiger partial charge >= 0.3 is 0 Å². The van der Waals surface area contributed by atoms with Gasteiger partial charge in [-0.1, -0.05) is 64.1 Å². The van der Waals surface area contributed by atoms with Gasteiger partial charge < -0.3 is 14.5 Å². The van der Waals surface area contributed by atoms with E-state index in [1.165, 1.54) is 33.4 Å². The smallest absolute Gasteiger partial charge is 0.225 e. The van der Waals surface area contributed by atoms with E-state index >= 15 is 0 Å². The van der Waals surface area contributed by atoms with Gasteiger partial charge in [-0.3, -0.25) is 9.59 Å². The number of hydrogen-bond donors (Lipinski definition) is 0. The number of nitrogens with zero attached hydrogens (tertiary/aromatic N) is 2. The second-order valence-electron chi connectivity index (χ2n) is 10.6. The monoisotopic (exact) mass is 476 g/mol. The first-order valence-electron chi connectivity index (χ1n) is 13.2. The number of benzene rings is 2. The maximum Gasteiger partial charge on any atom is 0.225 e. The molecule has 0 radical (unpaired) electrons. The maximum absolute atomic E-state index is 12.7. The standard InChI is InChI=1S/C30H40N2O3/c1-21(2)25-7-5-23-9-13-31(19-27(23)17-25)29(33)11-15-35-16-12-30(34)32-14-10-24-6-8-26(22(3)4)18-28(24)20-32/h5-8,17-18,21-22H,9-16,19-20H2,1-4H3.